The fraction of sp³-hybridized carbons (Fsp3) is 0.735. The number of allylic oxidation sites excluding steroid dienone is 2. The molecule has 65 heavy (non-hydrogen) atoms. The van der Waals surface area contributed by atoms with Crippen LogP contribution in [-0.2, 0) is 43.0 Å². The Hall–Kier alpha value is -4.41. The average molecular weight is 913 g/mol. The molecule has 3 rings (SSSR count). The zero-order valence-corrected chi connectivity index (χ0v) is 41.2. The molecular formula is C49H80N6O10. The number of carbonyl (C=O) groups excluding carboxylic acids is 7. The molecule has 0 aromatic carbocycles. The molecule has 1 fully saturated rings. The largest absolute Gasteiger partial charge is 0.386 e. The summed E-state index contributed by atoms with van der Waals surface area (Å²) in [6, 6.07) is -3.27. The molecule has 366 valence electrons. The summed E-state index contributed by atoms with van der Waals surface area (Å²) in [6.45, 7) is 15.7. The van der Waals surface area contributed by atoms with Crippen molar-refractivity contribution in [1.29, 1.82) is 0 Å². The van der Waals surface area contributed by atoms with Crippen LogP contribution in [0.15, 0.2) is 36.0 Å². The van der Waals surface area contributed by atoms with Crippen molar-refractivity contribution in [1.82, 2.24) is 30.2 Å². The number of methoxy groups -OCH3 is 2. The molecule has 2 aliphatic heterocycles. The lowest BCUT2D eigenvalue weighted by atomic mass is 9.89. The molecule has 0 saturated carbocycles. The van der Waals surface area contributed by atoms with Gasteiger partial charge in [-0.15, -0.1) is 0 Å². The van der Waals surface area contributed by atoms with Crippen molar-refractivity contribution in [3.05, 3.63) is 36.0 Å². The summed E-state index contributed by atoms with van der Waals surface area (Å²) in [6.07, 6.45) is 11.8. The number of aliphatic hydroxyl groups excluding tert-OH is 1. The van der Waals surface area contributed by atoms with Gasteiger partial charge in [0.25, 0.3) is 11.8 Å². The van der Waals surface area contributed by atoms with E-state index in [0.29, 0.717) is 38.6 Å². The zero-order valence-electron chi connectivity index (χ0n) is 41.2. The fourth-order valence-corrected chi connectivity index (χ4v) is 9.49. The highest BCUT2D eigenvalue weighted by Crippen LogP contribution is 2.30. The van der Waals surface area contributed by atoms with Crippen LogP contribution in [-0.4, -0.2) is 156 Å². The summed E-state index contributed by atoms with van der Waals surface area (Å²) in [5, 5.41) is 16.9. The van der Waals surface area contributed by atoms with Gasteiger partial charge in [0, 0.05) is 60.0 Å². The SMILES string of the molecule is CC[C@H](C)[C@@H](C(CC(=O)N1CCCC1[C@H](OC)C(C)C(=O)N[C@H](C)C(O)C1=CCCC=C1)OC)N(C)C(=O)[C@@H](NC(=O)[C@H](C(C)C)N(C)C(=O)CCCCCN1C(=O)C=CC1=O)C(C)C. The van der Waals surface area contributed by atoms with E-state index in [-0.39, 0.29) is 78.6 Å². The highest BCUT2D eigenvalue weighted by atomic mass is 16.5. The second-order valence-electron chi connectivity index (χ2n) is 18.9. The highest BCUT2D eigenvalue weighted by Gasteiger charge is 2.43. The van der Waals surface area contributed by atoms with Gasteiger partial charge in [0.05, 0.1) is 48.8 Å². The monoisotopic (exact) mass is 913 g/mol. The Morgan fingerprint density at radius 2 is 1.51 bits per heavy atom. The Morgan fingerprint density at radius 1 is 0.846 bits per heavy atom. The first kappa shape index (κ1) is 54.9. The minimum atomic E-state index is -0.944. The number of aliphatic hydroxyl groups is 1. The van der Waals surface area contributed by atoms with Gasteiger partial charge >= 0.3 is 0 Å². The van der Waals surface area contributed by atoms with Crippen LogP contribution in [0.5, 0.6) is 0 Å². The molecule has 7 amide bonds. The average Bonchev–Trinajstić information content (AvgIpc) is 3.89. The van der Waals surface area contributed by atoms with Crippen molar-refractivity contribution < 1.29 is 48.1 Å². The van der Waals surface area contributed by atoms with Crippen LogP contribution < -0.4 is 10.6 Å². The van der Waals surface area contributed by atoms with E-state index in [9.17, 15) is 38.7 Å². The number of hydrogen-bond donors (Lipinski definition) is 3. The normalized spacial score (nSPS) is 20.5. The topological polar surface area (TPSA) is 195 Å². The van der Waals surface area contributed by atoms with E-state index in [1.54, 1.807) is 44.9 Å². The summed E-state index contributed by atoms with van der Waals surface area (Å²) in [5.41, 5.74) is 0.775. The second kappa shape index (κ2) is 26.1. The Labute approximate surface area is 387 Å². The van der Waals surface area contributed by atoms with Gasteiger partial charge in [0.1, 0.15) is 12.1 Å². The first-order chi connectivity index (χ1) is 30.7. The summed E-state index contributed by atoms with van der Waals surface area (Å²) in [7, 11) is 6.34. The summed E-state index contributed by atoms with van der Waals surface area (Å²) >= 11 is 0. The van der Waals surface area contributed by atoms with Crippen LogP contribution in [0.4, 0.5) is 0 Å². The molecule has 4 unspecified atom stereocenters. The van der Waals surface area contributed by atoms with Crippen molar-refractivity contribution in [2.75, 3.05) is 41.4 Å². The van der Waals surface area contributed by atoms with E-state index in [2.05, 4.69) is 10.6 Å². The van der Waals surface area contributed by atoms with Gasteiger partial charge in [-0.05, 0) is 68.8 Å². The van der Waals surface area contributed by atoms with Crippen LogP contribution in [0.1, 0.15) is 120 Å². The summed E-state index contributed by atoms with van der Waals surface area (Å²) in [5.74, 6) is -3.49. The molecule has 3 aliphatic rings. The van der Waals surface area contributed by atoms with Crippen molar-refractivity contribution in [3.8, 4) is 0 Å². The molecule has 1 saturated heterocycles. The van der Waals surface area contributed by atoms with Crippen LogP contribution in [0.2, 0.25) is 0 Å². The molecule has 0 bridgehead atoms. The van der Waals surface area contributed by atoms with E-state index >= 15 is 0 Å². The Bertz CT molecular complexity index is 1730. The number of likely N-dealkylation sites (tertiary alicyclic amines) is 1. The van der Waals surface area contributed by atoms with Crippen LogP contribution in [0.3, 0.4) is 0 Å². The molecule has 0 aromatic rings. The van der Waals surface area contributed by atoms with Gasteiger partial charge in [0.2, 0.25) is 29.5 Å². The number of rotatable bonds is 26. The van der Waals surface area contributed by atoms with E-state index in [1.807, 2.05) is 59.8 Å². The quantitative estimate of drug-likeness (QED) is 0.0839. The maximum Gasteiger partial charge on any atom is 0.253 e. The first-order valence-electron chi connectivity index (χ1n) is 23.8. The number of likely N-dealkylation sites (N-methyl/N-ethyl adjacent to an activating group) is 2. The molecule has 16 heteroatoms. The smallest absolute Gasteiger partial charge is 0.253 e. The lowest BCUT2D eigenvalue weighted by Crippen LogP contribution is -2.60. The predicted octanol–water partition coefficient (Wildman–Crippen LogP) is 4.16. The minimum absolute atomic E-state index is 0.0325. The van der Waals surface area contributed by atoms with Crippen molar-refractivity contribution >= 4 is 41.4 Å². The number of amides is 7. The van der Waals surface area contributed by atoms with Gasteiger partial charge < -0.3 is 39.9 Å². The van der Waals surface area contributed by atoms with Gasteiger partial charge in [-0.2, -0.15) is 0 Å². The third-order valence-corrected chi connectivity index (χ3v) is 13.6. The van der Waals surface area contributed by atoms with Gasteiger partial charge in [-0.25, -0.2) is 0 Å². The minimum Gasteiger partial charge on any atom is -0.386 e. The van der Waals surface area contributed by atoms with Crippen LogP contribution >= 0.6 is 0 Å². The fourth-order valence-electron chi connectivity index (χ4n) is 9.49. The zero-order chi connectivity index (χ0) is 48.7. The number of ether oxygens (including phenoxy) is 2. The number of nitrogens with one attached hydrogen (secondary N) is 2. The Morgan fingerprint density at radius 3 is 2.06 bits per heavy atom. The summed E-state index contributed by atoms with van der Waals surface area (Å²) in [4.78, 5) is 99.6. The molecule has 0 aromatic heterocycles. The molecule has 1 aliphatic carbocycles. The number of nitrogens with zero attached hydrogens (tertiary/aromatic N) is 4. The van der Waals surface area contributed by atoms with E-state index in [0.717, 1.165) is 24.8 Å². The third kappa shape index (κ3) is 14.5. The molecule has 2 heterocycles. The number of imide groups is 1. The molecular weight excluding hydrogens is 833 g/mol. The molecule has 3 N–H and O–H groups in total. The Kier molecular flexibility index (Phi) is 22.0. The van der Waals surface area contributed by atoms with Crippen LogP contribution in [0.25, 0.3) is 0 Å². The maximum atomic E-state index is 14.6. The standard InChI is InChI=1S/C49H80N6O10/c1-13-32(6)44(37(64-11)29-41(59)54-28-20-23-36(54)46(65-12)33(7)47(61)50-34(8)45(60)35-21-16-14-17-22-35)53(10)49(63)42(30(2)3)51-48(62)43(31(4)5)52(9)38(56)24-18-15-19-27-55-39(57)25-26-40(55)58/h16,21-22,25-26,30-34,36-37,42-46,60H,13-15,17-20,23-24,27-29H2,1-12H3,(H,50,61)(H,51,62)/t32-,33?,34+,36?,37?,42-,43-,44-,45?,46+/m0/s1. The van der Waals surface area contributed by atoms with Gasteiger partial charge in [-0.1, -0.05) is 79.5 Å². The number of carbonyl (C=O) groups is 7. The molecule has 0 spiro atoms. The predicted molar refractivity (Wildman–Crippen MR) is 249 cm³/mol. The summed E-state index contributed by atoms with van der Waals surface area (Å²) < 4.78 is 12.0. The highest BCUT2D eigenvalue weighted by molar-refractivity contribution is 6.12. The second-order valence-corrected chi connectivity index (χ2v) is 18.9. The van der Waals surface area contributed by atoms with E-state index in [4.69, 9.17) is 9.47 Å². The van der Waals surface area contributed by atoms with Crippen LogP contribution in [0, 0.1) is 23.7 Å². The number of hydrogen-bond acceptors (Lipinski definition) is 10. The van der Waals surface area contributed by atoms with E-state index in [1.165, 1.54) is 29.1 Å². The lowest BCUT2D eigenvalue weighted by Gasteiger charge is -2.41. The van der Waals surface area contributed by atoms with Gasteiger partial charge in [0.15, 0.2) is 0 Å². The van der Waals surface area contributed by atoms with Crippen molar-refractivity contribution in [2.24, 2.45) is 23.7 Å². The van der Waals surface area contributed by atoms with E-state index < -0.39 is 54.3 Å². The third-order valence-electron chi connectivity index (χ3n) is 13.6. The molecule has 10 atom stereocenters. The Balaban J connectivity index is 1.70. The molecule has 16 nitrogen and oxygen atoms in total. The maximum absolute atomic E-state index is 14.6. The number of unbranched alkanes of at least 4 members (excludes halogenated alkanes) is 2. The van der Waals surface area contributed by atoms with Crippen molar-refractivity contribution in [3.63, 3.8) is 0 Å². The lowest BCUT2D eigenvalue weighted by molar-refractivity contribution is -0.148. The first-order valence-corrected chi connectivity index (χ1v) is 23.8. The van der Waals surface area contributed by atoms with Gasteiger partial charge in [-0.3, -0.25) is 38.5 Å². The van der Waals surface area contributed by atoms with Crippen molar-refractivity contribution in [2.45, 2.75) is 168 Å². The molecule has 0 radical (unpaired) electrons.